The van der Waals surface area contributed by atoms with Crippen molar-refractivity contribution in [1.29, 1.82) is 5.26 Å². The second-order valence-electron chi connectivity index (χ2n) is 7.67. The minimum absolute atomic E-state index is 0.365. The third-order valence-corrected chi connectivity index (χ3v) is 5.80. The van der Waals surface area contributed by atoms with Gasteiger partial charge in [-0.1, -0.05) is 6.42 Å². The van der Waals surface area contributed by atoms with Crippen LogP contribution in [0.1, 0.15) is 55.2 Å². The van der Waals surface area contributed by atoms with E-state index in [1.54, 1.807) is 6.20 Å². The number of pyridine rings is 1. The molecule has 0 radical (unpaired) electrons. The van der Waals surface area contributed by atoms with Crippen molar-refractivity contribution in [3.05, 3.63) is 35.5 Å². The largest absolute Gasteiger partial charge is 0.356 e. The van der Waals surface area contributed by atoms with Gasteiger partial charge in [0.15, 0.2) is 0 Å². The molecular weight excluding hydrogens is 338 g/mol. The lowest BCUT2D eigenvalue weighted by Crippen LogP contribution is -2.36. The van der Waals surface area contributed by atoms with Gasteiger partial charge in [-0.15, -0.1) is 10.2 Å². The minimum Gasteiger partial charge on any atom is -0.356 e. The lowest BCUT2D eigenvalue weighted by molar-refractivity contribution is 0.213. The second kappa shape index (κ2) is 8.05. The maximum Gasteiger partial charge on any atom is 0.146 e. The molecule has 4 rings (SSSR count). The number of anilines is 1. The fraction of sp³-hybridized carbons (Fsp3) is 0.600. The zero-order valence-electron chi connectivity index (χ0n) is 16.0. The summed E-state index contributed by atoms with van der Waals surface area (Å²) in [6.07, 6.45) is 7.82. The molecule has 27 heavy (non-hydrogen) atoms. The number of likely N-dealkylation sites (tertiary alicyclic amines) is 1. The number of aromatic nitrogens is 4. The summed E-state index contributed by atoms with van der Waals surface area (Å²) in [5, 5.41) is 18.0. The Balaban J connectivity index is 1.45. The van der Waals surface area contributed by atoms with Gasteiger partial charge in [-0.25, -0.2) is 4.98 Å². The maximum atomic E-state index is 8.95. The number of piperidine rings is 2. The molecule has 0 aliphatic carbocycles. The fourth-order valence-electron chi connectivity index (χ4n) is 4.22. The van der Waals surface area contributed by atoms with E-state index in [0.29, 0.717) is 11.5 Å². The predicted octanol–water partition coefficient (Wildman–Crippen LogP) is 2.45. The Morgan fingerprint density at radius 2 is 1.96 bits per heavy atom. The summed E-state index contributed by atoms with van der Waals surface area (Å²) >= 11 is 0. The smallest absolute Gasteiger partial charge is 0.146 e. The Morgan fingerprint density at radius 3 is 2.70 bits per heavy atom. The standard InChI is InChI=1S/C20H27N7/c1-25-19(15-26-9-3-2-4-10-26)23-24-20(25)17-6-5-11-27(14-17)18-8-7-16(12-21)13-22-18/h7-8,13,17H,2-6,9-11,14-15H2,1H3. The number of hydrogen-bond acceptors (Lipinski definition) is 6. The topological polar surface area (TPSA) is 73.9 Å². The molecule has 2 aromatic heterocycles. The Labute approximate surface area is 160 Å². The van der Waals surface area contributed by atoms with Gasteiger partial charge in [0.1, 0.15) is 23.5 Å². The first-order valence-electron chi connectivity index (χ1n) is 9.96. The molecule has 7 nitrogen and oxygen atoms in total. The van der Waals surface area contributed by atoms with E-state index in [2.05, 4.69) is 42.7 Å². The van der Waals surface area contributed by atoms with Gasteiger partial charge in [-0.3, -0.25) is 4.90 Å². The van der Waals surface area contributed by atoms with E-state index < -0.39 is 0 Å². The summed E-state index contributed by atoms with van der Waals surface area (Å²) in [5.74, 6) is 3.46. The average molecular weight is 365 g/mol. The normalized spacial score (nSPS) is 21.2. The molecule has 1 atom stereocenters. The Kier molecular flexibility index (Phi) is 5.35. The van der Waals surface area contributed by atoms with Crippen LogP contribution in [-0.4, -0.2) is 50.8 Å². The molecule has 2 saturated heterocycles. The quantitative estimate of drug-likeness (QED) is 0.829. The lowest BCUT2D eigenvalue weighted by Gasteiger charge is -2.33. The van der Waals surface area contributed by atoms with E-state index in [9.17, 15) is 0 Å². The molecule has 2 aliphatic rings. The van der Waals surface area contributed by atoms with Crippen LogP contribution >= 0.6 is 0 Å². The Hall–Kier alpha value is -2.46. The molecule has 4 heterocycles. The third kappa shape index (κ3) is 3.96. The SMILES string of the molecule is Cn1c(CN2CCCCC2)nnc1C1CCCN(c2ccc(C#N)cn2)C1. The molecule has 0 spiro atoms. The summed E-state index contributed by atoms with van der Waals surface area (Å²) in [6.45, 7) is 5.13. The van der Waals surface area contributed by atoms with Gasteiger partial charge in [-0.05, 0) is 50.9 Å². The highest BCUT2D eigenvalue weighted by molar-refractivity contribution is 5.42. The second-order valence-corrected chi connectivity index (χ2v) is 7.67. The van der Waals surface area contributed by atoms with Crippen LogP contribution in [-0.2, 0) is 13.6 Å². The van der Waals surface area contributed by atoms with Crippen molar-refractivity contribution in [2.45, 2.75) is 44.6 Å². The summed E-state index contributed by atoms with van der Waals surface area (Å²) in [6, 6.07) is 5.91. The van der Waals surface area contributed by atoms with Crippen molar-refractivity contribution in [3.63, 3.8) is 0 Å². The van der Waals surface area contributed by atoms with Crippen LogP contribution in [0.15, 0.2) is 18.3 Å². The van der Waals surface area contributed by atoms with E-state index >= 15 is 0 Å². The number of nitrogens with zero attached hydrogens (tertiary/aromatic N) is 7. The molecular formula is C20H27N7. The van der Waals surface area contributed by atoms with Gasteiger partial charge in [-0.2, -0.15) is 5.26 Å². The van der Waals surface area contributed by atoms with Crippen molar-refractivity contribution in [2.75, 3.05) is 31.1 Å². The Bertz CT molecular complexity index is 799. The van der Waals surface area contributed by atoms with Crippen LogP contribution < -0.4 is 4.90 Å². The van der Waals surface area contributed by atoms with E-state index in [1.807, 2.05) is 12.1 Å². The molecule has 2 fully saturated rings. The summed E-state index contributed by atoms with van der Waals surface area (Å²) < 4.78 is 2.20. The number of nitriles is 1. The van der Waals surface area contributed by atoms with Crippen LogP contribution in [0, 0.1) is 11.3 Å². The van der Waals surface area contributed by atoms with Gasteiger partial charge in [0.05, 0.1) is 12.1 Å². The van der Waals surface area contributed by atoms with Crippen LogP contribution in [0.3, 0.4) is 0 Å². The maximum absolute atomic E-state index is 8.95. The van der Waals surface area contributed by atoms with Gasteiger partial charge in [0.25, 0.3) is 0 Å². The zero-order chi connectivity index (χ0) is 18.6. The Morgan fingerprint density at radius 1 is 1.11 bits per heavy atom. The monoisotopic (exact) mass is 365 g/mol. The van der Waals surface area contributed by atoms with Gasteiger partial charge in [0.2, 0.25) is 0 Å². The van der Waals surface area contributed by atoms with E-state index in [4.69, 9.17) is 5.26 Å². The zero-order valence-corrected chi connectivity index (χ0v) is 16.0. The molecule has 2 aromatic rings. The highest BCUT2D eigenvalue weighted by Gasteiger charge is 2.27. The van der Waals surface area contributed by atoms with Crippen molar-refractivity contribution >= 4 is 5.82 Å². The summed E-state index contributed by atoms with van der Waals surface area (Å²) in [4.78, 5) is 9.25. The molecule has 1 unspecified atom stereocenters. The summed E-state index contributed by atoms with van der Waals surface area (Å²) in [5.41, 5.74) is 0.600. The molecule has 0 amide bonds. The van der Waals surface area contributed by atoms with Crippen molar-refractivity contribution in [3.8, 4) is 6.07 Å². The molecule has 0 aromatic carbocycles. The number of hydrogen-bond donors (Lipinski definition) is 0. The van der Waals surface area contributed by atoms with Gasteiger partial charge in [0, 0.05) is 32.3 Å². The van der Waals surface area contributed by atoms with Crippen LogP contribution in [0.4, 0.5) is 5.82 Å². The predicted molar refractivity (Wildman–Crippen MR) is 103 cm³/mol. The minimum atomic E-state index is 0.365. The molecule has 0 saturated carbocycles. The highest BCUT2D eigenvalue weighted by Crippen LogP contribution is 2.28. The van der Waals surface area contributed by atoms with Gasteiger partial charge >= 0.3 is 0 Å². The van der Waals surface area contributed by atoms with Gasteiger partial charge < -0.3 is 9.47 Å². The first kappa shape index (κ1) is 17.9. The molecule has 2 aliphatic heterocycles. The van der Waals surface area contributed by atoms with E-state index in [1.165, 1.54) is 32.4 Å². The lowest BCUT2D eigenvalue weighted by atomic mass is 9.97. The van der Waals surface area contributed by atoms with E-state index in [0.717, 1.165) is 49.9 Å². The number of rotatable bonds is 4. The molecule has 7 heteroatoms. The van der Waals surface area contributed by atoms with Crippen LogP contribution in [0.25, 0.3) is 0 Å². The molecule has 0 bridgehead atoms. The van der Waals surface area contributed by atoms with E-state index in [-0.39, 0.29) is 0 Å². The summed E-state index contributed by atoms with van der Waals surface area (Å²) in [7, 11) is 2.10. The van der Waals surface area contributed by atoms with Crippen LogP contribution in [0.2, 0.25) is 0 Å². The molecule has 142 valence electrons. The van der Waals surface area contributed by atoms with Crippen molar-refractivity contribution in [2.24, 2.45) is 7.05 Å². The molecule has 0 N–H and O–H groups in total. The van der Waals surface area contributed by atoms with Crippen molar-refractivity contribution in [1.82, 2.24) is 24.6 Å². The fourth-order valence-corrected chi connectivity index (χ4v) is 4.22. The first-order chi connectivity index (χ1) is 13.2. The average Bonchev–Trinajstić information content (AvgIpc) is 3.09. The van der Waals surface area contributed by atoms with Crippen molar-refractivity contribution < 1.29 is 0 Å². The van der Waals surface area contributed by atoms with Crippen LogP contribution in [0.5, 0.6) is 0 Å². The third-order valence-electron chi connectivity index (χ3n) is 5.80. The first-order valence-corrected chi connectivity index (χ1v) is 9.96. The highest BCUT2D eigenvalue weighted by atomic mass is 15.3.